The van der Waals surface area contributed by atoms with E-state index in [0.29, 0.717) is 25.3 Å². The molecule has 0 aromatic heterocycles. The Morgan fingerprint density at radius 2 is 0.959 bits per heavy atom. The molecule has 4 aromatic carbocycles. The fourth-order valence-electron chi connectivity index (χ4n) is 6.58. The van der Waals surface area contributed by atoms with Crippen molar-refractivity contribution in [3.8, 4) is 11.5 Å². The van der Waals surface area contributed by atoms with Gasteiger partial charge in [0.2, 0.25) is 0 Å². The maximum Gasteiger partial charge on any atom is 0.711 e. The van der Waals surface area contributed by atoms with Gasteiger partial charge in [0, 0.05) is 24.0 Å². The van der Waals surface area contributed by atoms with Crippen LogP contribution < -0.4 is 21.3 Å². The summed E-state index contributed by atoms with van der Waals surface area (Å²) in [4.78, 5) is 0. The molecule has 0 aliphatic heterocycles. The van der Waals surface area contributed by atoms with Crippen LogP contribution >= 0.6 is 0 Å². The first-order valence-electron chi connectivity index (χ1n) is 17.4. The van der Waals surface area contributed by atoms with Gasteiger partial charge in [-0.25, -0.2) is 0 Å². The summed E-state index contributed by atoms with van der Waals surface area (Å²) in [6.45, 7) is 1.07. The van der Waals surface area contributed by atoms with Crippen LogP contribution in [-0.4, -0.2) is 31.8 Å². The third-order valence-electron chi connectivity index (χ3n) is 9.08. The van der Waals surface area contributed by atoms with Gasteiger partial charge in [-0.2, -0.15) is 11.8 Å². The molecule has 9 heteroatoms. The second-order valence-electron chi connectivity index (χ2n) is 12.4. The third kappa shape index (κ3) is 9.67. The Morgan fingerprint density at radius 1 is 0.510 bits per heavy atom. The summed E-state index contributed by atoms with van der Waals surface area (Å²) in [6.07, 6.45) is 12.5. The lowest BCUT2D eigenvalue weighted by atomic mass is 10.0. The monoisotopic (exact) mass is 690 g/mol. The van der Waals surface area contributed by atoms with E-state index in [-0.39, 0.29) is 0 Å². The predicted octanol–water partition coefficient (Wildman–Crippen LogP) is 8.45. The van der Waals surface area contributed by atoms with Crippen molar-refractivity contribution in [3.63, 3.8) is 0 Å². The lowest BCUT2D eigenvalue weighted by Crippen LogP contribution is -2.37. The van der Waals surface area contributed by atoms with Gasteiger partial charge < -0.3 is 9.47 Å². The highest BCUT2D eigenvalue weighted by Crippen LogP contribution is 2.36. The quantitative estimate of drug-likeness (QED) is 0.0692. The predicted molar refractivity (Wildman–Crippen MR) is 200 cm³/mol. The molecule has 0 fully saturated rings. The molecular weight excluding hydrogens is 645 g/mol. The molecule has 0 amide bonds. The summed E-state index contributed by atoms with van der Waals surface area (Å²) in [5.74, 6) is 13.2. The van der Waals surface area contributed by atoms with Crippen molar-refractivity contribution in [1.29, 1.82) is 0 Å². The summed E-state index contributed by atoms with van der Waals surface area (Å²) in [7, 11) is -3.55. The van der Waals surface area contributed by atoms with Gasteiger partial charge in [0.1, 0.15) is 23.6 Å². The summed E-state index contributed by atoms with van der Waals surface area (Å²) < 4.78 is 29.4. The number of hydrogen-bond donors (Lipinski definition) is 2. The van der Waals surface area contributed by atoms with Gasteiger partial charge in [-0.05, 0) is 100 Å². The average molecular weight is 691 g/mol. The molecule has 0 saturated heterocycles. The highest BCUT2D eigenvalue weighted by molar-refractivity contribution is 6.59. The van der Waals surface area contributed by atoms with Crippen molar-refractivity contribution in [2.45, 2.75) is 63.5 Å². The zero-order valence-corrected chi connectivity index (χ0v) is 30.1. The van der Waals surface area contributed by atoms with Crippen LogP contribution in [0.25, 0.3) is 23.3 Å². The number of aryl methyl sites for hydroxylation is 2. The Hall–Kier alpha value is -3.81. The summed E-state index contributed by atoms with van der Waals surface area (Å²) in [5.41, 5.74) is 10.2. The summed E-state index contributed by atoms with van der Waals surface area (Å²) in [6, 6.07) is 35.2. The van der Waals surface area contributed by atoms with Gasteiger partial charge in [-0.1, -0.05) is 84.9 Å². The number of hydrogen-bond acceptors (Lipinski definition) is 7. The van der Waals surface area contributed by atoms with Crippen LogP contribution in [0.1, 0.15) is 71.9 Å². The van der Waals surface area contributed by atoms with Crippen molar-refractivity contribution in [3.05, 3.63) is 130 Å². The van der Waals surface area contributed by atoms with Gasteiger partial charge in [0.05, 0.1) is 13.2 Å². The Labute approximate surface area is 294 Å². The first-order valence-corrected chi connectivity index (χ1v) is 20.4. The molecule has 0 unspecified atom stereocenters. The summed E-state index contributed by atoms with van der Waals surface area (Å²) >= 11 is 0. The maximum absolute atomic E-state index is 6.32. The third-order valence-corrected chi connectivity index (χ3v) is 13.0. The number of ether oxygens (including phenoxy) is 2. The largest absolute Gasteiger partial charge is 0.711 e. The minimum Gasteiger partial charge on any atom is -0.493 e. The standard InChI is InChI=1S/C40H46N2O5Si2/c41-45-48(27-11-25-43-39-23-9-19-33-17-7-21-35(29-37(33)39)31-13-3-1-4-14-31)47-49(46-42)28-12-26-44-40-24-10-20-34-18-8-22-36(30-38(34)40)32-15-5-2-6-16-32/h1-6,9-10,13-16,19-20,23-24,29-30H,7-8,11-12,17-18,21-22,25-28,41-42H2/q+2. The van der Waals surface area contributed by atoms with E-state index < -0.39 is 18.6 Å². The molecule has 2 aliphatic rings. The molecule has 0 saturated carbocycles. The van der Waals surface area contributed by atoms with Crippen LogP contribution in [0.5, 0.6) is 11.5 Å². The molecule has 7 nitrogen and oxygen atoms in total. The van der Waals surface area contributed by atoms with Gasteiger partial charge in [0.25, 0.3) is 0 Å². The van der Waals surface area contributed by atoms with E-state index in [4.69, 9.17) is 34.4 Å². The lowest BCUT2D eigenvalue weighted by molar-refractivity contribution is 0.218. The Kier molecular flexibility index (Phi) is 13.1. The molecule has 6 rings (SSSR count). The molecule has 0 spiro atoms. The average Bonchev–Trinajstić information content (AvgIpc) is 3.52. The second-order valence-corrected chi connectivity index (χ2v) is 16.2. The van der Waals surface area contributed by atoms with Gasteiger partial charge in [0.15, 0.2) is 0 Å². The normalized spacial score (nSPS) is 14.0. The van der Waals surface area contributed by atoms with E-state index in [0.717, 1.165) is 62.9 Å². The minimum absolute atomic E-state index is 0.535. The van der Waals surface area contributed by atoms with Crippen LogP contribution in [-0.2, 0) is 26.0 Å². The van der Waals surface area contributed by atoms with Crippen LogP contribution in [0.2, 0.25) is 12.1 Å². The molecule has 0 bridgehead atoms. The summed E-state index contributed by atoms with van der Waals surface area (Å²) in [5, 5.41) is 0. The van der Waals surface area contributed by atoms with Crippen molar-refractivity contribution in [1.82, 2.24) is 0 Å². The van der Waals surface area contributed by atoms with Crippen molar-refractivity contribution < 1.29 is 22.6 Å². The van der Waals surface area contributed by atoms with E-state index in [2.05, 4.69) is 109 Å². The van der Waals surface area contributed by atoms with E-state index >= 15 is 0 Å². The first-order chi connectivity index (χ1) is 24.2. The molecule has 252 valence electrons. The molecule has 49 heavy (non-hydrogen) atoms. The van der Waals surface area contributed by atoms with E-state index in [1.54, 1.807) is 0 Å². The van der Waals surface area contributed by atoms with E-state index in [9.17, 15) is 0 Å². The van der Waals surface area contributed by atoms with Crippen molar-refractivity contribution in [2.75, 3.05) is 13.2 Å². The minimum atomic E-state index is -1.77. The van der Waals surface area contributed by atoms with Crippen LogP contribution in [0, 0.1) is 0 Å². The highest BCUT2D eigenvalue weighted by Gasteiger charge is 2.50. The Bertz CT molecular complexity index is 1570. The first kappa shape index (κ1) is 35.0. The Balaban J connectivity index is 0.978. The van der Waals surface area contributed by atoms with Gasteiger partial charge in [-0.3, -0.25) is 0 Å². The maximum atomic E-state index is 6.32. The highest BCUT2D eigenvalue weighted by atomic mass is 28.4. The number of nitrogens with two attached hydrogens (primary N) is 2. The lowest BCUT2D eigenvalue weighted by Gasteiger charge is -2.12. The van der Waals surface area contributed by atoms with Gasteiger partial charge in [-0.15, -0.1) is 9.05 Å². The van der Waals surface area contributed by atoms with Crippen LogP contribution in [0.4, 0.5) is 0 Å². The zero-order valence-electron chi connectivity index (χ0n) is 28.1. The van der Waals surface area contributed by atoms with Crippen LogP contribution in [0.3, 0.4) is 0 Å². The fourth-order valence-corrected chi connectivity index (χ4v) is 9.90. The van der Waals surface area contributed by atoms with Gasteiger partial charge >= 0.3 is 18.6 Å². The number of rotatable bonds is 16. The molecule has 0 radical (unpaired) electrons. The smallest absolute Gasteiger partial charge is 0.493 e. The van der Waals surface area contributed by atoms with Crippen molar-refractivity contribution >= 4 is 41.9 Å². The van der Waals surface area contributed by atoms with E-state index in [1.807, 2.05) is 0 Å². The fraction of sp³-hybridized carbons (Fsp3) is 0.300. The van der Waals surface area contributed by atoms with Crippen LogP contribution in [0.15, 0.2) is 97.1 Å². The molecule has 0 heterocycles. The molecule has 4 N–H and O–H groups in total. The topological polar surface area (TPSA) is 98.2 Å². The van der Waals surface area contributed by atoms with Crippen molar-refractivity contribution in [2.24, 2.45) is 11.8 Å². The molecule has 2 aliphatic carbocycles. The second kappa shape index (κ2) is 18.3. The molecular formula is C40H46N2O5Si2+2. The van der Waals surface area contributed by atoms with E-state index in [1.165, 1.54) is 44.5 Å². The number of allylic oxidation sites excluding steroid dienone is 2. The SMILES string of the molecule is NO[Si+](CCCOc1cccc2c1C=C(c1ccccc1)CCC2)O[Si+](CCCOc1cccc2c1C=C(c1ccccc1)CCC2)ON. The molecule has 4 aromatic rings. The number of benzene rings is 4. The molecule has 0 atom stereocenters. The number of fused-ring (bicyclic) bond motifs is 2. The Morgan fingerprint density at radius 3 is 1.39 bits per heavy atom. The zero-order chi connectivity index (χ0) is 33.7.